The lowest BCUT2D eigenvalue weighted by Crippen LogP contribution is -2.01. The van der Waals surface area contributed by atoms with Crippen molar-refractivity contribution >= 4 is 5.69 Å². The van der Waals surface area contributed by atoms with Crippen molar-refractivity contribution in [3.05, 3.63) is 48.5 Å². The molecular formula is C17H21NO3. The third-order valence-electron chi connectivity index (χ3n) is 3.04. The van der Waals surface area contributed by atoms with Gasteiger partial charge in [0.2, 0.25) is 0 Å². The van der Waals surface area contributed by atoms with Crippen LogP contribution in [0, 0.1) is 0 Å². The summed E-state index contributed by atoms with van der Waals surface area (Å²) in [6, 6.07) is 14.2. The van der Waals surface area contributed by atoms with Crippen molar-refractivity contribution in [1.29, 1.82) is 0 Å². The van der Waals surface area contributed by atoms with Crippen molar-refractivity contribution in [2.75, 3.05) is 18.9 Å². The van der Waals surface area contributed by atoms with Crippen LogP contribution in [-0.2, 0) is 0 Å². The summed E-state index contributed by atoms with van der Waals surface area (Å²) in [6.07, 6.45) is 3.02. The normalized spacial score (nSPS) is 10.3. The van der Waals surface area contributed by atoms with Gasteiger partial charge in [0, 0.05) is 5.69 Å². The standard InChI is InChI=1S/C17H21NO3/c18-14-4-8-16(9-5-14)20-12-2-1-3-13-21-17-10-6-15(19)7-11-17/h4-11,19H,1-3,12-13,18H2. The number of anilines is 1. The maximum absolute atomic E-state index is 9.16. The van der Waals surface area contributed by atoms with Gasteiger partial charge in [-0.3, -0.25) is 0 Å². The van der Waals surface area contributed by atoms with Crippen LogP contribution in [0.15, 0.2) is 48.5 Å². The minimum atomic E-state index is 0.252. The lowest BCUT2D eigenvalue weighted by Gasteiger charge is -2.07. The van der Waals surface area contributed by atoms with Gasteiger partial charge in [0.1, 0.15) is 17.2 Å². The van der Waals surface area contributed by atoms with Gasteiger partial charge in [0.25, 0.3) is 0 Å². The highest BCUT2D eigenvalue weighted by Crippen LogP contribution is 2.16. The molecule has 0 aliphatic rings. The van der Waals surface area contributed by atoms with Crippen LogP contribution >= 0.6 is 0 Å². The van der Waals surface area contributed by atoms with E-state index in [1.165, 1.54) is 0 Å². The maximum Gasteiger partial charge on any atom is 0.119 e. The van der Waals surface area contributed by atoms with E-state index in [9.17, 15) is 0 Å². The van der Waals surface area contributed by atoms with E-state index in [2.05, 4.69) is 0 Å². The van der Waals surface area contributed by atoms with Crippen molar-refractivity contribution in [2.45, 2.75) is 19.3 Å². The second kappa shape index (κ2) is 8.04. The molecule has 0 bridgehead atoms. The first-order valence-corrected chi connectivity index (χ1v) is 7.14. The lowest BCUT2D eigenvalue weighted by atomic mass is 10.2. The third kappa shape index (κ3) is 5.65. The minimum Gasteiger partial charge on any atom is -0.508 e. The van der Waals surface area contributed by atoms with Crippen molar-refractivity contribution in [1.82, 2.24) is 0 Å². The lowest BCUT2D eigenvalue weighted by molar-refractivity contribution is 0.279. The van der Waals surface area contributed by atoms with Gasteiger partial charge in [-0.25, -0.2) is 0 Å². The number of hydrogen-bond acceptors (Lipinski definition) is 4. The minimum absolute atomic E-state index is 0.252. The number of aromatic hydroxyl groups is 1. The van der Waals surface area contributed by atoms with Gasteiger partial charge in [-0.15, -0.1) is 0 Å². The van der Waals surface area contributed by atoms with Crippen molar-refractivity contribution in [3.63, 3.8) is 0 Å². The quantitative estimate of drug-likeness (QED) is 0.575. The van der Waals surface area contributed by atoms with Crippen LogP contribution in [-0.4, -0.2) is 18.3 Å². The number of hydrogen-bond donors (Lipinski definition) is 2. The zero-order chi connectivity index (χ0) is 14.9. The molecule has 0 fully saturated rings. The second-order valence-corrected chi connectivity index (χ2v) is 4.82. The van der Waals surface area contributed by atoms with E-state index in [1.807, 2.05) is 24.3 Å². The number of benzene rings is 2. The van der Waals surface area contributed by atoms with Crippen LogP contribution < -0.4 is 15.2 Å². The fourth-order valence-electron chi connectivity index (χ4n) is 1.87. The molecule has 4 heteroatoms. The predicted molar refractivity (Wildman–Crippen MR) is 83.8 cm³/mol. The van der Waals surface area contributed by atoms with Crippen molar-refractivity contribution in [3.8, 4) is 17.2 Å². The molecule has 0 saturated carbocycles. The molecule has 2 rings (SSSR count). The van der Waals surface area contributed by atoms with Gasteiger partial charge in [0.15, 0.2) is 0 Å². The Kier molecular flexibility index (Phi) is 5.76. The Labute approximate surface area is 125 Å². The molecule has 0 amide bonds. The van der Waals surface area contributed by atoms with Gasteiger partial charge < -0.3 is 20.3 Å². The number of phenolic OH excluding ortho intramolecular Hbond substituents is 1. The van der Waals surface area contributed by atoms with E-state index in [1.54, 1.807) is 24.3 Å². The van der Waals surface area contributed by atoms with E-state index < -0.39 is 0 Å². The Balaban J connectivity index is 1.52. The smallest absolute Gasteiger partial charge is 0.119 e. The van der Waals surface area contributed by atoms with Crippen LogP contribution in [0.1, 0.15) is 19.3 Å². The summed E-state index contributed by atoms with van der Waals surface area (Å²) in [5.74, 6) is 1.89. The van der Waals surface area contributed by atoms with Crippen LogP contribution in [0.5, 0.6) is 17.2 Å². The molecule has 0 radical (unpaired) electrons. The summed E-state index contributed by atoms with van der Waals surface area (Å²) < 4.78 is 11.2. The van der Waals surface area contributed by atoms with Crippen molar-refractivity contribution < 1.29 is 14.6 Å². The Hall–Kier alpha value is -2.36. The Bertz CT molecular complexity index is 473. The van der Waals surface area contributed by atoms with Gasteiger partial charge in [-0.1, -0.05) is 0 Å². The fraction of sp³-hybridized carbons (Fsp3) is 0.294. The van der Waals surface area contributed by atoms with Gasteiger partial charge in [-0.2, -0.15) is 0 Å². The average molecular weight is 287 g/mol. The molecule has 0 spiro atoms. The first-order chi connectivity index (χ1) is 10.2. The summed E-state index contributed by atoms with van der Waals surface area (Å²) in [7, 11) is 0. The SMILES string of the molecule is Nc1ccc(OCCCCCOc2ccc(O)cc2)cc1. The van der Waals surface area contributed by atoms with Crippen LogP contribution in [0.25, 0.3) is 0 Å². The molecule has 21 heavy (non-hydrogen) atoms. The monoisotopic (exact) mass is 287 g/mol. The Morgan fingerprint density at radius 3 is 1.71 bits per heavy atom. The largest absolute Gasteiger partial charge is 0.508 e. The van der Waals surface area contributed by atoms with Crippen LogP contribution in [0.4, 0.5) is 5.69 Å². The van der Waals surface area contributed by atoms with Crippen LogP contribution in [0.3, 0.4) is 0 Å². The number of rotatable bonds is 8. The average Bonchev–Trinajstić information content (AvgIpc) is 2.50. The molecule has 0 aromatic heterocycles. The third-order valence-corrected chi connectivity index (χ3v) is 3.04. The van der Waals surface area contributed by atoms with Gasteiger partial charge >= 0.3 is 0 Å². The molecule has 0 atom stereocenters. The topological polar surface area (TPSA) is 64.7 Å². The zero-order valence-corrected chi connectivity index (χ0v) is 12.0. The first kappa shape index (κ1) is 15.0. The molecule has 0 aliphatic heterocycles. The number of phenols is 1. The van der Waals surface area contributed by atoms with E-state index >= 15 is 0 Å². The molecule has 2 aromatic carbocycles. The van der Waals surface area contributed by atoms with Gasteiger partial charge in [0.05, 0.1) is 13.2 Å². The summed E-state index contributed by atoms with van der Waals surface area (Å²) in [4.78, 5) is 0. The fourth-order valence-corrected chi connectivity index (χ4v) is 1.87. The zero-order valence-electron chi connectivity index (χ0n) is 12.0. The molecule has 3 N–H and O–H groups in total. The molecule has 112 valence electrons. The number of nitrogen functional groups attached to an aromatic ring is 1. The predicted octanol–water partition coefficient (Wildman–Crippen LogP) is 3.60. The Morgan fingerprint density at radius 1 is 0.714 bits per heavy atom. The first-order valence-electron chi connectivity index (χ1n) is 7.14. The number of nitrogens with two attached hydrogens (primary N) is 1. The van der Waals surface area contributed by atoms with Gasteiger partial charge in [-0.05, 0) is 67.8 Å². The summed E-state index contributed by atoms with van der Waals surface area (Å²) in [6.45, 7) is 1.37. The number of unbranched alkanes of at least 4 members (excludes halogenated alkanes) is 2. The molecular weight excluding hydrogens is 266 g/mol. The Morgan fingerprint density at radius 2 is 1.19 bits per heavy atom. The maximum atomic E-state index is 9.16. The summed E-state index contributed by atoms with van der Waals surface area (Å²) in [5, 5.41) is 9.16. The molecule has 0 unspecified atom stereocenters. The highest BCUT2D eigenvalue weighted by atomic mass is 16.5. The van der Waals surface area contributed by atoms with E-state index in [-0.39, 0.29) is 5.75 Å². The van der Waals surface area contributed by atoms with E-state index in [0.29, 0.717) is 13.2 Å². The molecule has 0 aliphatic carbocycles. The second-order valence-electron chi connectivity index (χ2n) is 4.82. The molecule has 2 aromatic rings. The van der Waals surface area contributed by atoms with E-state index in [0.717, 1.165) is 36.4 Å². The van der Waals surface area contributed by atoms with E-state index in [4.69, 9.17) is 20.3 Å². The highest BCUT2D eigenvalue weighted by Gasteiger charge is 1.96. The number of ether oxygens (including phenoxy) is 2. The summed E-state index contributed by atoms with van der Waals surface area (Å²) in [5.41, 5.74) is 6.35. The molecule has 0 saturated heterocycles. The summed E-state index contributed by atoms with van der Waals surface area (Å²) >= 11 is 0. The molecule has 0 heterocycles. The molecule has 4 nitrogen and oxygen atoms in total. The van der Waals surface area contributed by atoms with Crippen molar-refractivity contribution in [2.24, 2.45) is 0 Å². The van der Waals surface area contributed by atoms with Crippen LogP contribution in [0.2, 0.25) is 0 Å². The highest BCUT2D eigenvalue weighted by molar-refractivity contribution is 5.41.